The standard InChI is InChI=1S/C16H30N2O2/c1-4-14-16(19)18(15(17-14)11-12(2)3)9-10-20-13-7-5-6-8-13/h12-15,17H,4-11H2,1-3H3. The first kappa shape index (κ1) is 15.8. The molecule has 0 aromatic heterocycles. The van der Waals surface area contributed by atoms with Gasteiger partial charge >= 0.3 is 0 Å². The van der Waals surface area contributed by atoms with Crippen molar-refractivity contribution in [3.63, 3.8) is 0 Å². The zero-order valence-corrected chi connectivity index (χ0v) is 13.2. The van der Waals surface area contributed by atoms with Crippen molar-refractivity contribution in [2.45, 2.75) is 77.6 Å². The van der Waals surface area contributed by atoms with Gasteiger partial charge in [0.05, 0.1) is 24.9 Å². The molecule has 4 nitrogen and oxygen atoms in total. The van der Waals surface area contributed by atoms with E-state index in [2.05, 4.69) is 26.1 Å². The summed E-state index contributed by atoms with van der Waals surface area (Å²) in [5.74, 6) is 0.849. The SMILES string of the molecule is CCC1NC(CC(C)C)N(CCOC2CCCC2)C1=O. The number of nitrogens with zero attached hydrogens (tertiary/aromatic N) is 1. The maximum Gasteiger partial charge on any atom is 0.241 e. The summed E-state index contributed by atoms with van der Waals surface area (Å²) in [5, 5.41) is 3.47. The van der Waals surface area contributed by atoms with Gasteiger partial charge in [-0.25, -0.2) is 0 Å². The Kier molecular flexibility index (Phi) is 5.85. The van der Waals surface area contributed by atoms with Crippen molar-refractivity contribution in [1.82, 2.24) is 10.2 Å². The smallest absolute Gasteiger partial charge is 0.241 e. The second-order valence-electron chi connectivity index (χ2n) is 6.58. The first-order valence-corrected chi connectivity index (χ1v) is 8.30. The molecule has 0 bridgehead atoms. The minimum Gasteiger partial charge on any atom is -0.376 e. The zero-order valence-electron chi connectivity index (χ0n) is 13.2. The molecule has 0 spiro atoms. The predicted octanol–water partition coefficient (Wildman–Crippen LogP) is 2.53. The third kappa shape index (κ3) is 3.95. The van der Waals surface area contributed by atoms with E-state index in [4.69, 9.17) is 4.74 Å². The van der Waals surface area contributed by atoms with Gasteiger partial charge in [-0.1, -0.05) is 33.6 Å². The van der Waals surface area contributed by atoms with Crippen molar-refractivity contribution < 1.29 is 9.53 Å². The number of ether oxygens (including phenoxy) is 1. The summed E-state index contributed by atoms with van der Waals surface area (Å²) in [6, 6.07) is 0.00484. The fourth-order valence-electron chi connectivity index (χ4n) is 3.32. The van der Waals surface area contributed by atoms with Gasteiger partial charge in [0.15, 0.2) is 0 Å². The lowest BCUT2D eigenvalue weighted by Crippen LogP contribution is -2.40. The van der Waals surface area contributed by atoms with Crippen LogP contribution in [0.15, 0.2) is 0 Å². The van der Waals surface area contributed by atoms with Gasteiger partial charge in [-0.05, 0) is 31.6 Å². The van der Waals surface area contributed by atoms with Crippen molar-refractivity contribution in [3.8, 4) is 0 Å². The molecule has 20 heavy (non-hydrogen) atoms. The molecule has 2 aliphatic rings. The van der Waals surface area contributed by atoms with E-state index in [1.54, 1.807) is 0 Å². The minimum atomic E-state index is 0.00484. The molecule has 0 radical (unpaired) electrons. The van der Waals surface area contributed by atoms with Crippen molar-refractivity contribution >= 4 is 5.91 Å². The Hall–Kier alpha value is -0.610. The van der Waals surface area contributed by atoms with Gasteiger partial charge in [-0.3, -0.25) is 10.1 Å². The monoisotopic (exact) mass is 282 g/mol. The highest BCUT2D eigenvalue weighted by Crippen LogP contribution is 2.22. The molecule has 2 fully saturated rings. The van der Waals surface area contributed by atoms with Crippen LogP contribution in [0.1, 0.15) is 59.3 Å². The molecule has 1 saturated carbocycles. The van der Waals surface area contributed by atoms with E-state index in [1.165, 1.54) is 25.7 Å². The van der Waals surface area contributed by atoms with E-state index in [0.29, 0.717) is 18.6 Å². The highest BCUT2D eigenvalue weighted by atomic mass is 16.5. The Balaban J connectivity index is 1.82. The molecule has 2 atom stereocenters. The van der Waals surface area contributed by atoms with Crippen LogP contribution in [-0.4, -0.2) is 42.3 Å². The fourth-order valence-corrected chi connectivity index (χ4v) is 3.32. The Bertz CT molecular complexity index is 314. The van der Waals surface area contributed by atoms with Crippen LogP contribution in [0.25, 0.3) is 0 Å². The average Bonchev–Trinajstić information content (AvgIpc) is 3.00. The Morgan fingerprint density at radius 3 is 2.65 bits per heavy atom. The molecule has 0 aromatic carbocycles. The molecular weight excluding hydrogens is 252 g/mol. The van der Waals surface area contributed by atoms with Gasteiger partial charge in [-0.15, -0.1) is 0 Å². The molecule has 1 aliphatic heterocycles. The van der Waals surface area contributed by atoms with E-state index in [0.717, 1.165) is 19.4 Å². The number of amides is 1. The predicted molar refractivity (Wildman–Crippen MR) is 80.4 cm³/mol. The normalized spacial score (nSPS) is 28.0. The van der Waals surface area contributed by atoms with Crippen LogP contribution in [0.2, 0.25) is 0 Å². The molecular formula is C16H30N2O2. The molecule has 1 saturated heterocycles. The van der Waals surface area contributed by atoms with Crippen LogP contribution >= 0.6 is 0 Å². The summed E-state index contributed by atoms with van der Waals surface area (Å²) in [7, 11) is 0. The first-order chi connectivity index (χ1) is 9.61. The summed E-state index contributed by atoms with van der Waals surface area (Å²) in [6.07, 6.45) is 7.49. The van der Waals surface area contributed by atoms with Gasteiger partial charge in [0, 0.05) is 6.54 Å². The van der Waals surface area contributed by atoms with Gasteiger partial charge in [0.2, 0.25) is 5.91 Å². The van der Waals surface area contributed by atoms with E-state index >= 15 is 0 Å². The Labute approximate surface area is 123 Å². The summed E-state index contributed by atoms with van der Waals surface area (Å²) < 4.78 is 5.91. The van der Waals surface area contributed by atoms with Crippen molar-refractivity contribution in [1.29, 1.82) is 0 Å². The molecule has 2 rings (SSSR count). The number of carbonyl (C=O) groups excluding carboxylic acids is 1. The van der Waals surface area contributed by atoms with Crippen LogP contribution in [0.3, 0.4) is 0 Å². The zero-order chi connectivity index (χ0) is 14.5. The van der Waals surface area contributed by atoms with Crippen molar-refractivity contribution in [2.75, 3.05) is 13.2 Å². The third-order valence-corrected chi connectivity index (χ3v) is 4.44. The van der Waals surface area contributed by atoms with Crippen LogP contribution in [0, 0.1) is 5.92 Å². The van der Waals surface area contributed by atoms with Gasteiger partial charge in [0.1, 0.15) is 0 Å². The summed E-state index contributed by atoms with van der Waals surface area (Å²) in [6.45, 7) is 7.90. The van der Waals surface area contributed by atoms with Gasteiger partial charge in [-0.2, -0.15) is 0 Å². The molecule has 2 unspecified atom stereocenters. The summed E-state index contributed by atoms with van der Waals surface area (Å²) in [5.41, 5.74) is 0. The first-order valence-electron chi connectivity index (χ1n) is 8.30. The number of hydrogen-bond donors (Lipinski definition) is 1. The van der Waals surface area contributed by atoms with Crippen LogP contribution in [0.4, 0.5) is 0 Å². The van der Waals surface area contributed by atoms with E-state index in [-0.39, 0.29) is 18.1 Å². The lowest BCUT2D eigenvalue weighted by molar-refractivity contribution is -0.131. The maximum atomic E-state index is 12.4. The third-order valence-electron chi connectivity index (χ3n) is 4.44. The summed E-state index contributed by atoms with van der Waals surface area (Å²) >= 11 is 0. The molecule has 116 valence electrons. The lowest BCUT2D eigenvalue weighted by Gasteiger charge is -2.26. The highest BCUT2D eigenvalue weighted by Gasteiger charge is 2.37. The number of hydrogen-bond acceptors (Lipinski definition) is 3. The Morgan fingerprint density at radius 2 is 2.05 bits per heavy atom. The lowest BCUT2D eigenvalue weighted by atomic mass is 10.1. The number of nitrogens with one attached hydrogen (secondary N) is 1. The second kappa shape index (κ2) is 7.41. The molecule has 1 amide bonds. The fraction of sp³-hybridized carbons (Fsp3) is 0.938. The van der Waals surface area contributed by atoms with E-state index < -0.39 is 0 Å². The number of rotatable bonds is 7. The van der Waals surface area contributed by atoms with Crippen molar-refractivity contribution in [2.24, 2.45) is 5.92 Å². The average molecular weight is 282 g/mol. The topological polar surface area (TPSA) is 41.6 Å². The maximum absolute atomic E-state index is 12.4. The van der Waals surface area contributed by atoms with Crippen LogP contribution in [0.5, 0.6) is 0 Å². The molecule has 4 heteroatoms. The second-order valence-corrected chi connectivity index (χ2v) is 6.58. The molecule has 0 aromatic rings. The summed E-state index contributed by atoms with van der Waals surface area (Å²) in [4.78, 5) is 14.4. The number of carbonyl (C=O) groups is 1. The minimum absolute atomic E-state index is 0.00484. The van der Waals surface area contributed by atoms with Crippen molar-refractivity contribution in [3.05, 3.63) is 0 Å². The van der Waals surface area contributed by atoms with E-state index in [9.17, 15) is 4.79 Å². The van der Waals surface area contributed by atoms with Crippen LogP contribution in [-0.2, 0) is 9.53 Å². The molecule has 1 heterocycles. The highest BCUT2D eigenvalue weighted by molar-refractivity contribution is 5.84. The largest absolute Gasteiger partial charge is 0.376 e. The van der Waals surface area contributed by atoms with E-state index in [1.807, 2.05) is 4.90 Å². The molecule has 1 N–H and O–H groups in total. The quantitative estimate of drug-likeness (QED) is 0.780. The molecule has 1 aliphatic carbocycles. The van der Waals surface area contributed by atoms with Gasteiger partial charge < -0.3 is 9.64 Å². The Morgan fingerprint density at radius 1 is 1.35 bits per heavy atom. The van der Waals surface area contributed by atoms with Crippen LogP contribution < -0.4 is 5.32 Å². The van der Waals surface area contributed by atoms with Gasteiger partial charge in [0.25, 0.3) is 0 Å².